The van der Waals surface area contributed by atoms with Crippen molar-refractivity contribution in [2.24, 2.45) is 0 Å². The summed E-state index contributed by atoms with van der Waals surface area (Å²) < 4.78 is 0. The monoisotopic (exact) mass is 408 g/mol. The largest absolute Gasteiger partial charge is 0.478 e. The zero-order valence-corrected chi connectivity index (χ0v) is 20.2. The zero-order valence-electron chi connectivity index (χ0n) is 18.2. The highest BCUT2D eigenvalue weighted by molar-refractivity contribution is 7.03. The highest BCUT2D eigenvalue weighted by atomic mass is 28.3. The van der Waals surface area contributed by atoms with Gasteiger partial charge in [-0.25, -0.2) is 4.79 Å². The van der Waals surface area contributed by atoms with Gasteiger partial charge in [-0.3, -0.25) is 0 Å². The van der Waals surface area contributed by atoms with Crippen molar-refractivity contribution in [3.8, 4) is 0 Å². The van der Waals surface area contributed by atoms with Gasteiger partial charge in [0, 0.05) is 0 Å². The molecule has 0 bridgehead atoms. The summed E-state index contributed by atoms with van der Waals surface area (Å²) in [6.45, 7) is 16.6. The molecule has 0 aliphatic carbocycles. The molecule has 0 amide bonds. The van der Waals surface area contributed by atoms with Crippen molar-refractivity contribution in [1.82, 2.24) is 0 Å². The van der Waals surface area contributed by atoms with E-state index in [9.17, 15) is 9.90 Å². The zero-order chi connectivity index (χ0) is 20.9. The van der Waals surface area contributed by atoms with Crippen LogP contribution in [0.3, 0.4) is 0 Å². The van der Waals surface area contributed by atoms with Gasteiger partial charge in [-0.1, -0.05) is 78.5 Å². The van der Waals surface area contributed by atoms with Crippen molar-refractivity contribution in [3.63, 3.8) is 0 Å². The first-order valence-electron chi connectivity index (χ1n) is 10.1. The second-order valence-corrected chi connectivity index (χ2v) is 19.4. The van der Waals surface area contributed by atoms with Gasteiger partial charge in [0.15, 0.2) is 0 Å². The second-order valence-electron chi connectivity index (χ2n) is 9.74. The third kappa shape index (κ3) is 3.68. The fourth-order valence-corrected chi connectivity index (χ4v) is 14.8. The Bertz CT molecular complexity index is 963. The van der Waals surface area contributed by atoms with E-state index in [4.69, 9.17) is 0 Å². The number of rotatable bonds is 3. The van der Waals surface area contributed by atoms with Gasteiger partial charge >= 0.3 is 5.97 Å². The number of aromatic carboxylic acids is 1. The average molecular weight is 409 g/mol. The van der Waals surface area contributed by atoms with Gasteiger partial charge in [-0.2, -0.15) is 0 Å². The van der Waals surface area contributed by atoms with Crippen molar-refractivity contribution in [1.29, 1.82) is 0 Å². The van der Waals surface area contributed by atoms with Gasteiger partial charge in [0.05, 0.1) is 21.7 Å². The molecule has 0 atom stereocenters. The van der Waals surface area contributed by atoms with Crippen LogP contribution in [0.1, 0.15) is 40.9 Å². The summed E-state index contributed by atoms with van der Waals surface area (Å²) >= 11 is 0. The van der Waals surface area contributed by atoms with Gasteiger partial charge in [0.2, 0.25) is 0 Å². The molecule has 1 aliphatic rings. The number of benzene rings is 2. The number of aryl methyl sites for hydroxylation is 1. The van der Waals surface area contributed by atoms with E-state index >= 15 is 0 Å². The first-order chi connectivity index (χ1) is 12.9. The van der Waals surface area contributed by atoms with Crippen molar-refractivity contribution in [2.45, 2.75) is 59.0 Å². The summed E-state index contributed by atoms with van der Waals surface area (Å²) in [5.74, 6) is -0.879. The lowest BCUT2D eigenvalue weighted by atomic mass is 9.91. The smallest absolute Gasteiger partial charge is 0.335 e. The minimum atomic E-state index is -1.43. The van der Waals surface area contributed by atoms with Crippen LogP contribution in [0.4, 0.5) is 0 Å². The minimum absolute atomic E-state index is 0.334. The summed E-state index contributed by atoms with van der Waals surface area (Å²) in [6, 6.07) is 15.1. The molecule has 3 rings (SSSR count). The molecule has 4 heteroatoms. The van der Waals surface area contributed by atoms with Crippen LogP contribution in [-0.2, 0) is 0 Å². The van der Waals surface area contributed by atoms with E-state index < -0.39 is 22.1 Å². The Hall–Kier alpha value is -1.92. The van der Waals surface area contributed by atoms with Crippen LogP contribution in [0, 0.1) is 6.92 Å². The molecular weight excluding hydrogens is 376 g/mol. The summed E-state index contributed by atoms with van der Waals surface area (Å²) in [5.41, 5.74) is 6.59. The third-order valence-corrected chi connectivity index (χ3v) is 13.9. The highest BCUT2D eigenvalue weighted by Crippen LogP contribution is 2.32. The quantitative estimate of drug-likeness (QED) is 0.692. The number of carboxylic acids is 1. The standard InChI is InChI=1S/C24H32O2Si2/c1-16(2)23(18-8-10-19(11-9-18)24(25)26)20-15-22-21(14-17(20)3)27(4,5)12-13-28(22,6)7/h8-11,14-15H,12-13H2,1-7H3,(H,25,26). The summed E-state index contributed by atoms with van der Waals surface area (Å²) in [4.78, 5) is 11.2. The van der Waals surface area contributed by atoms with Gasteiger partial charge in [0.1, 0.15) is 0 Å². The fraction of sp³-hybridized carbons (Fsp3) is 0.375. The second kappa shape index (κ2) is 7.16. The Balaban J connectivity index is 2.21. The first kappa shape index (κ1) is 20.8. The Morgan fingerprint density at radius 2 is 1.32 bits per heavy atom. The van der Waals surface area contributed by atoms with Gasteiger partial charge in [0.25, 0.3) is 0 Å². The van der Waals surface area contributed by atoms with Gasteiger partial charge < -0.3 is 5.11 Å². The van der Waals surface area contributed by atoms with E-state index in [1.54, 1.807) is 22.5 Å². The minimum Gasteiger partial charge on any atom is -0.478 e. The topological polar surface area (TPSA) is 37.3 Å². The van der Waals surface area contributed by atoms with Crippen LogP contribution in [-0.4, -0.2) is 27.2 Å². The normalized spacial score (nSPS) is 17.0. The Morgan fingerprint density at radius 3 is 1.79 bits per heavy atom. The van der Waals surface area contributed by atoms with E-state index in [-0.39, 0.29) is 0 Å². The van der Waals surface area contributed by atoms with Crippen molar-refractivity contribution < 1.29 is 9.90 Å². The molecule has 2 nitrogen and oxygen atoms in total. The van der Waals surface area contributed by atoms with Crippen LogP contribution >= 0.6 is 0 Å². The molecule has 0 fully saturated rings. The van der Waals surface area contributed by atoms with E-state index in [0.717, 1.165) is 5.56 Å². The number of allylic oxidation sites excluding steroid dienone is 1. The molecule has 148 valence electrons. The maximum absolute atomic E-state index is 11.2. The number of carboxylic acid groups (broad SMARTS) is 1. The summed E-state index contributed by atoms with van der Waals surface area (Å²) in [5, 5.41) is 12.5. The van der Waals surface area contributed by atoms with Gasteiger partial charge in [-0.15, -0.1) is 0 Å². The molecule has 28 heavy (non-hydrogen) atoms. The van der Waals surface area contributed by atoms with Crippen LogP contribution in [0.25, 0.3) is 5.57 Å². The van der Waals surface area contributed by atoms with Crippen molar-refractivity contribution in [3.05, 3.63) is 64.2 Å². The molecule has 1 heterocycles. The lowest BCUT2D eigenvalue weighted by Crippen LogP contribution is -2.63. The maximum atomic E-state index is 11.2. The number of carbonyl (C=O) groups is 1. The molecule has 0 saturated carbocycles. The molecule has 0 radical (unpaired) electrons. The Labute approximate surface area is 171 Å². The molecule has 0 aromatic heterocycles. The fourth-order valence-electron chi connectivity index (χ4n) is 4.48. The SMILES string of the molecule is CC(C)=C(c1ccc(C(=O)O)cc1)c1cc2c(cc1C)[Si](C)(C)CC[Si]2(C)C. The molecule has 1 N–H and O–H groups in total. The van der Waals surface area contributed by atoms with Gasteiger partial charge in [-0.05, 0) is 55.2 Å². The van der Waals surface area contributed by atoms with Crippen LogP contribution in [0.2, 0.25) is 38.3 Å². The molecular formula is C24H32O2Si2. The lowest BCUT2D eigenvalue weighted by Gasteiger charge is -2.40. The number of fused-ring (bicyclic) bond motifs is 1. The Kier molecular flexibility index (Phi) is 5.32. The van der Waals surface area contributed by atoms with E-state index in [0.29, 0.717) is 5.56 Å². The molecule has 0 unspecified atom stereocenters. The van der Waals surface area contributed by atoms with Crippen LogP contribution in [0.15, 0.2) is 42.0 Å². The molecule has 2 aromatic rings. The third-order valence-electron chi connectivity index (χ3n) is 6.39. The van der Waals surface area contributed by atoms with Crippen LogP contribution < -0.4 is 10.4 Å². The first-order valence-corrected chi connectivity index (χ1v) is 16.5. The summed E-state index contributed by atoms with van der Waals surface area (Å²) in [7, 11) is -2.79. The molecule has 1 aliphatic heterocycles. The van der Waals surface area contributed by atoms with E-state index in [1.807, 2.05) is 12.1 Å². The average Bonchev–Trinajstić information content (AvgIpc) is 2.60. The molecule has 0 saturated heterocycles. The predicted molar refractivity (Wildman–Crippen MR) is 126 cm³/mol. The highest BCUT2D eigenvalue weighted by Gasteiger charge is 2.40. The van der Waals surface area contributed by atoms with E-state index in [2.05, 4.69) is 59.1 Å². The van der Waals surface area contributed by atoms with Crippen LogP contribution in [0.5, 0.6) is 0 Å². The lowest BCUT2D eigenvalue weighted by molar-refractivity contribution is 0.0697. The predicted octanol–water partition coefficient (Wildman–Crippen LogP) is 5.38. The molecule has 0 spiro atoms. The number of hydrogen-bond donors (Lipinski definition) is 1. The van der Waals surface area contributed by atoms with Crippen molar-refractivity contribution in [2.75, 3.05) is 0 Å². The summed E-state index contributed by atoms with van der Waals surface area (Å²) in [6.07, 6.45) is 0. The maximum Gasteiger partial charge on any atom is 0.335 e. The molecule has 2 aromatic carbocycles. The van der Waals surface area contributed by atoms with E-state index in [1.165, 1.54) is 34.4 Å². The Morgan fingerprint density at radius 1 is 0.857 bits per heavy atom. The van der Waals surface area contributed by atoms with Crippen molar-refractivity contribution >= 4 is 38.1 Å². The number of hydrogen-bond acceptors (Lipinski definition) is 1.